The van der Waals surface area contributed by atoms with Crippen LogP contribution in [0.15, 0.2) is 109 Å². The first kappa shape index (κ1) is 21.9. The number of hydrogen-bond donors (Lipinski definition) is 0. The number of Topliss-reactive ketones (excluding diaryl/α,β-unsaturated/α-hetero) is 1. The van der Waals surface area contributed by atoms with Crippen LogP contribution in [0, 0.1) is 11.3 Å². The first-order chi connectivity index (χ1) is 16.6. The molecule has 0 spiro atoms. The van der Waals surface area contributed by atoms with E-state index >= 15 is 0 Å². The quantitative estimate of drug-likeness (QED) is 0.239. The number of fused-ring (bicyclic) bond motifs is 2. The summed E-state index contributed by atoms with van der Waals surface area (Å²) in [6.07, 6.45) is 0.224. The predicted molar refractivity (Wildman–Crippen MR) is 139 cm³/mol. The Morgan fingerprint density at radius 1 is 0.765 bits per heavy atom. The Bertz CT molecular complexity index is 1530. The van der Waals surface area contributed by atoms with Gasteiger partial charge in [-0.1, -0.05) is 103 Å². The van der Waals surface area contributed by atoms with Crippen LogP contribution in [0.3, 0.4) is 0 Å². The van der Waals surface area contributed by atoms with Crippen LogP contribution in [-0.2, 0) is 0 Å². The van der Waals surface area contributed by atoms with Crippen LogP contribution in [0.1, 0.15) is 39.7 Å². The van der Waals surface area contributed by atoms with E-state index in [9.17, 15) is 10.1 Å². The molecule has 0 aliphatic rings. The van der Waals surface area contributed by atoms with Crippen LogP contribution in [0.25, 0.3) is 21.5 Å². The topological polar surface area (TPSA) is 40.9 Å². The molecular weight excluding hydrogens is 438 g/mol. The summed E-state index contributed by atoms with van der Waals surface area (Å²) in [5.74, 6) is -0.782. The lowest BCUT2D eigenvalue weighted by Crippen LogP contribution is -2.15. The van der Waals surface area contributed by atoms with Crippen LogP contribution in [-0.4, -0.2) is 5.78 Å². The standard InChI is InChI=1S/C31H22ClNO/c32-26-16-14-23(15-17-26)29(19-31(34)25-13-12-21-6-1-2-8-24(21)18-25)30(20-33)28-11-5-9-22-7-3-4-10-27(22)28/h1-18,29-30H,19H2. The summed E-state index contributed by atoms with van der Waals surface area (Å²) in [6, 6.07) is 37.9. The molecule has 0 heterocycles. The summed E-state index contributed by atoms with van der Waals surface area (Å²) < 4.78 is 0. The van der Waals surface area contributed by atoms with Gasteiger partial charge in [-0.3, -0.25) is 4.79 Å². The van der Waals surface area contributed by atoms with E-state index in [1.54, 1.807) is 0 Å². The number of carbonyl (C=O) groups excluding carboxylic acids is 1. The maximum Gasteiger partial charge on any atom is 0.163 e. The van der Waals surface area contributed by atoms with Gasteiger partial charge in [-0.15, -0.1) is 0 Å². The van der Waals surface area contributed by atoms with Crippen LogP contribution in [0.2, 0.25) is 5.02 Å². The third kappa shape index (κ3) is 4.31. The van der Waals surface area contributed by atoms with Gasteiger partial charge in [0.15, 0.2) is 5.78 Å². The zero-order chi connectivity index (χ0) is 23.5. The molecule has 2 unspecified atom stereocenters. The van der Waals surface area contributed by atoms with E-state index in [0.29, 0.717) is 10.6 Å². The molecule has 5 aromatic carbocycles. The van der Waals surface area contributed by atoms with E-state index in [0.717, 1.165) is 32.7 Å². The maximum absolute atomic E-state index is 13.5. The molecule has 0 aromatic heterocycles. The van der Waals surface area contributed by atoms with Crippen molar-refractivity contribution in [2.75, 3.05) is 0 Å². The Kier molecular flexibility index (Phi) is 6.12. The minimum atomic E-state index is -0.489. The van der Waals surface area contributed by atoms with Gasteiger partial charge in [0.1, 0.15) is 0 Å². The number of ketones is 1. The normalized spacial score (nSPS) is 12.8. The van der Waals surface area contributed by atoms with Gasteiger partial charge in [0.05, 0.1) is 12.0 Å². The minimum absolute atomic E-state index is 0.0196. The predicted octanol–water partition coefficient (Wildman–Crippen LogP) is 8.31. The summed E-state index contributed by atoms with van der Waals surface area (Å²) in [5, 5.41) is 15.2. The second-order valence-electron chi connectivity index (χ2n) is 8.52. The second-order valence-corrected chi connectivity index (χ2v) is 8.96. The van der Waals surface area contributed by atoms with Gasteiger partial charge in [0.2, 0.25) is 0 Å². The molecule has 3 heteroatoms. The van der Waals surface area contributed by atoms with Crippen molar-refractivity contribution in [1.29, 1.82) is 5.26 Å². The van der Waals surface area contributed by atoms with Gasteiger partial charge in [0, 0.05) is 22.9 Å². The summed E-state index contributed by atoms with van der Waals surface area (Å²) in [6.45, 7) is 0. The van der Waals surface area contributed by atoms with E-state index in [1.807, 2.05) is 109 Å². The highest BCUT2D eigenvalue weighted by molar-refractivity contribution is 6.30. The van der Waals surface area contributed by atoms with Gasteiger partial charge in [-0.2, -0.15) is 5.26 Å². The molecule has 0 bridgehead atoms. The largest absolute Gasteiger partial charge is 0.294 e. The van der Waals surface area contributed by atoms with E-state index < -0.39 is 5.92 Å². The molecule has 0 amide bonds. The number of rotatable bonds is 6. The summed E-state index contributed by atoms with van der Waals surface area (Å²) in [4.78, 5) is 13.5. The van der Waals surface area contributed by atoms with Crippen molar-refractivity contribution in [3.05, 3.63) is 131 Å². The highest BCUT2D eigenvalue weighted by Crippen LogP contribution is 2.39. The SMILES string of the molecule is N#CC(c1cccc2ccccc12)C(CC(=O)c1ccc2ccccc2c1)c1ccc(Cl)cc1. The van der Waals surface area contributed by atoms with Gasteiger partial charge >= 0.3 is 0 Å². The molecule has 0 aliphatic carbocycles. The molecule has 164 valence electrons. The molecule has 0 saturated heterocycles. The number of nitriles is 1. The Labute approximate surface area is 204 Å². The van der Waals surface area contributed by atoms with Gasteiger partial charge in [-0.25, -0.2) is 0 Å². The second kappa shape index (κ2) is 9.51. The van der Waals surface area contributed by atoms with Crippen LogP contribution in [0.4, 0.5) is 0 Å². The third-order valence-corrected chi connectivity index (χ3v) is 6.73. The van der Waals surface area contributed by atoms with Crippen LogP contribution in [0.5, 0.6) is 0 Å². The zero-order valence-corrected chi connectivity index (χ0v) is 19.2. The number of hydrogen-bond acceptors (Lipinski definition) is 2. The van der Waals surface area contributed by atoms with Crippen molar-refractivity contribution < 1.29 is 4.79 Å². The molecular formula is C31H22ClNO. The Hall–Kier alpha value is -3.93. The molecule has 0 aliphatic heterocycles. The van der Waals surface area contributed by atoms with Gasteiger partial charge in [-0.05, 0) is 50.9 Å². The Balaban J connectivity index is 1.57. The number of halogens is 1. The van der Waals surface area contributed by atoms with E-state index in [-0.39, 0.29) is 18.1 Å². The van der Waals surface area contributed by atoms with Crippen molar-refractivity contribution in [2.45, 2.75) is 18.3 Å². The molecule has 5 aromatic rings. The molecule has 2 nitrogen and oxygen atoms in total. The average Bonchev–Trinajstić information content (AvgIpc) is 2.89. The molecule has 0 N–H and O–H groups in total. The monoisotopic (exact) mass is 459 g/mol. The summed E-state index contributed by atoms with van der Waals surface area (Å²) in [7, 11) is 0. The number of nitrogens with zero attached hydrogens (tertiary/aromatic N) is 1. The average molecular weight is 460 g/mol. The first-order valence-corrected chi connectivity index (χ1v) is 11.7. The summed E-state index contributed by atoms with van der Waals surface area (Å²) >= 11 is 6.15. The minimum Gasteiger partial charge on any atom is -0.294 e. The lowest BCUT2D eigenvalue weighted by Gasteiger charge is -2.24. The highest BCUT2D eigenvalue weighted by atomic mass is 35.5. The molecule has 0 radical (unpaired) electrons. The lowest BCUT2D eigenvalue weighted by atomic mass is 9.77. The fraction of sp³-hybridized carbons (Fsp3) is 0.0968. The van der Waals surface area contributed by atoms with Gasteiger partial charge < -0.3 is 0 Å². The molecule has 34 heavy (non-hydrogen) atoms. The van der Waals surface area contributed by atoms with Crippen molar-refractivity contribution in [3.63, 3.8) is 0 Å². The third-order valence-electron chi connectivity index (χ3n) is 6.47. The number of carbonyl (C=O) groups is 1. The Morgan fingerprint density at radius 3 is 2.21 bits per heavy atom. The van der Waals surface area contributed by atoms with Crippen molar-refractivity contribution in [2.24, 2.45) is 0 Å². The first-order valence-electron chi connectivity index (χ1n) is 11.3. The lowest BCUT2D eigenvalue weighted by molar-refractivity contribution is 0.0972. The molecule has 5 rings (SSSR count). The van der Waals surface area contributed by atoms with Crippen molar-refractivity contribution in [1.82, 2.24) is 0 Å². The maximum atomic E-state index is 13.5. The van der Waals surface area contributed by atoms with Crippen molar-refractivity contribution in [3.8, 4) is 6.07 Å². The van der Waals surface area contributed by atoms with Crippen LogP contribution >= 0.6 is 11.6 Å². The Morgan fingerprint density at radius 2 is 1.44 bits per heavy atom. The number of benzene rings is 5. The van der Waals surface area contributed by atoms with E-state index in [4.69, 9.17) is 11.6 Å². The fourth-order valence-corrected chi connectivity index (χ4v) is 4.84. The van der Waals surface area contributed by atoms with E-state index in [1.165, 1.54) is 0 Å². The highest BCUT2D eigenvalue weighted by Gasteiger charge is 2.29. The molecule has 0 saturated carbocycles. The molecule has 2 atom stereocenters. The van der Waals surface area contributed by atoms with Crippen LogP contribution < -0.4 is 0 Å². The molecule has 0 fully saturated rings. The zero-order valence-electron chi connectivity index (χ0n) is 18.5. The fourth-order valence-electron chi connectivity index (χ4n) is 4.72. The summed E-state index contributed by atoms with van der Waals surface area (Å²) in [5.41, 5.74) is 2.53. The smallest absolute Gasteiger partial charge is 0.163 e. The van der Waals surface area contributed by atoms with Gasteiger partial charge in [0.25, 0.3) is 0 Å². The van der Waals surface area contributed by atoms with E-state index in [2.05, 4.69) is 6.07 Å². The van der Waals surface area contributed by atoms with Crippen molar-refractivity contribution >= 4 is 38.9 Å².